The van der Waals surface area contributed by atoms with Crippen LogP contribution >= 0.6 is 0 Å². The molecule has 3 nitrogen and oxygen atoms in total. The minimum absolute atomic E-state index is 0.342. The van der Waals surface area contributed by atoms with Crippen molar-refractivity contribution in [3.05, 3.63) is 23.8 Å². The maximum atomic E-state index is 10.4. The van der Waals surface area contributed by atoms with E-state index >= 15 is 0 Å². The number of benzene rings is 1. The van der Waals surface area contributed by atoms with Crippen LogP contribution in [0.15, 0.2) is 18.2 Å². The van der Waals surface area contributed by atoms with Crippen molar-refractivity contribution in [1.29, 1.82) is 0 Å². The number of ether oxygens (including phenoxy) is 2. The molecular formula is C13H18O3. The molecule has 1 aromatic carbocycles. The summed E-state index contributed by atoms with van der Waals surface area (Å²) in [7, 11) is 1.62. The highest BCUT2D eigenvalue weighted by Gasteiger charge is 2.40. The molecule has 3 heteroatoms. The van der Waals surface area contributed by atoms with Crippen molar-refractivity contribution in [2.75, 3.05) is 7.11 Å². The van der Waals surface area contributed by atoms with Gasteiger partial charge in [-0.1, -0.05) is 0 Å². The third-order valence-electron chi connectivity index (χ3n) is 2.92. The SMILES string of the molecule is COc1ccc2c(c1)C(C)(O)CC(C)(C)O2. The Morgan fingerprint density at radius 2 is 2.00 bits per heavy atom. The highest BCUT2D eigenvalue weighted by molar-refractivity contribution is 5.45. The van der Waals surface area contributed by atoms with Crippen LogP contribution in [0.25, 0.3) is 0 Å². The first-order valence-electron chi connectivity index (χ1n) is 5.44. The van der Waals surface area contributed by atoms with Gasteiger partial charge in [0.05, 0.1) is 12.7 Å². The van der Waals surface area contributed by atoms with Gasteiger partial charge in [0.2, 0.25) is 0 Å². The molecule has 1 aromatic rings. The van der Waals surface area contributed by atoms with Crippen LogP contribution in [-0.4, -0.2) is 17.8 Å². The predicted molar refractivity (Wildman–Crippen MR) is 61.9 cm³/mol. The number of fused-ring (bicyclic) bond motifs is 1. The minimum Gasteiger partial charge on any atom is -0.497 e. The van der Waals surface area contributed by atoms with Gasteiger partial charge in [-0.2, -0.15) is 0 Å². The Hall–Kier alpha value is -1.22. The van der Waals surface area contributed by atoms with E-state index in [9.17, 15) is 5.11 Å². The van der Waals surface area contributed by atoms with E-state index in [-0.39, 0.29) is 5.60 Å². The zero-order valence-corrected chi connectivity index (χ0v) is 10.2. The molecule has 2 rings (SSSR count). The molecule has 0 saturated carbocycles. The summed E-state index contributed by atoms with van der Waals surface area (Å²) in [5.41, 5.74) is -0.414. The van der Waals surface area contributed by atoms with E-state index < -0.39 is 5.60 Å². The molecule has 1 unspecified atom stereocenters. The van der Waals surface area contributed by atoms with Crippen LogP contribution in [-0.2, 0) is 5.60 Å². The molecule has 0 amide bonds. The van der Waals surface area contributed by atoms with Crippen LogP contribution in [0.2, 0.25) is 0 Å². The van der Waals surface area contributed by atoms with Gasteiger partial charge in [0.1, 0.15) is 17.1 Å². The highest BCUT2D eigenvalue weighted by Crippen LogP contribution is 2.44. The van der Waals surface area contributed by atoms with Crippen molar-refractivity contribution >= 4 is 0 Å². The maximum absolute atomic E-state index is 10.4. The molecule has 16 heavy (non-hydrogen) atoms. The Kier molecular flexibility index (Phi) is 2.39. The van der Waals surface area contributed by atoms with Gasteiger partial charge in [-0.05, 0) is 39.0 Å². The molecule has 0 aromatic heterocycles. The van der Waals surface area contributed by atoms with Gasteiger partial charge in [0.25, 0.3) is 0 Å². The molecule has 1 heterocycles. The van der Waals surface area contributed by atoms with Gasteiger partial charge >= 0.3 is 0 Å². The van der Waals surface area contributed by atoms with Gasteiger partial charge in [-0.25, -0.2) is 0 Å². The van der Waals surface area contributed by atoms with E-state index in [0.717, 1.165) is 17.1 Å². The zero-order chi connectivity index (χ0) is 12.0. The Bertz CT molecular complexity index is 408. The molecule has 0 fully saturated rings. The average molecular weight is 222 g/mol. The first kappa shape index (κ1) is 11.3. The van der Waals surface area contributed by atoms with E-state index in [1.54, 1.807) is 7.11 Å². The predicted octanol–water partition coefficient (Wildman–Crippen LogP) is 2.46. The number of aliphatic hydroxyl groups is 1. The molecule has 1 aliphatic heterocycles. The number of hydrogen-bond donors (Lipinski definition) is 1. The maximum Gasteiger partial charge on any atom is 0.126 e. The standard InChI is InChI=1S/C13H18O3/c1-12(2)8-13(3,14)10-7-9(15-4)5-6-11(10)16-12/h5-7,14H,8H2,1-4H3. The summed E-state index contributed by atoms with van der Waals surface area (Å²) in [4.78, 5) is 0. The first-order chi connectivity index (χ1) is 7.34. The van der Waals surface area contributed by atoms with Gasteiger partial charge in [0.15, 0.2) is 0 Å². The van der Waals surface area contributed by atoms with Gasteiger partial charge < -0.3 is 14.6 Å². The van der Waals surface area contributed by atoms with E-state index in [1.165, 1.54) is 0 Å². The van der Waals surface area contributed by atoms with Crippen LogP contribution in [0.3, 0.4) is 0 Å². The Labute approximate surface area is 96.0 Å². The smallest absolute Gasteiger partial charge is 0.126 e. The molecule has 0 spiro atoms. The fourth-order valence-corrected chi connectivity index (χ4v) is 2.40. The first-order valence-corrected chi connectivity index (χ1v) is 5.44. The van der Waals surface area contributed by atoms with E-state index in [2.05, 4.69) is 0 Å². The van der Waals surface area contributed by atoms with Crippen molar-refractivity contribution in [2.45, 2.75) is 38.4 Å². The topological polar surface area (TPSA) is 38.7 Å². The van der Waals surface area contributed by atoms with Crippen molar-refractivity contribution in [1.82, 2.24) is 0 Å². The van der Waals surface area contributed by atoms with Gasteiger partial charge in [-0.3, -0.25) is 0 Å². The molecule has 0 aliphatic carbocycles. The highest BCUT2D eigenvalue weighted by atomic mass is 16.5. The van der Waals surface area contributed by atoms with Crippen molar-refractivity contribution in [3.8, 4) is 11.5 Å². The van der Waals surface area contributed by atoms with Crippen LogP contribution in [0, 0.1) is 0 Å². The van der Waals surface area contributed by atoms with Gasteiger partial charge in [0, 0.05) is 12.0 Å². The van der Waals surface area contributed by atoms with Crippen LogP contribution in [0.1, 0.15) is 32.8 Å². The number of rotatable bonds is 1. The second kappa shape index (κ2) is 3.39. The summed E-state index contributed by atoms with van der Waals surface area (Å²) in [6.45, 7) is 5.78. The minimum atomic E-state index is -0.869. The third kappa shape index (κ3) is 1.87. The second-order valence-electron chi connectivity index (χ2n) is 5.17. The quantitative estimate of drug-likeness (QED) is 0.793. The summed E-state index contributed by atoms with van der Waals surface area (Å²) in [6, 6.07) is 5.53. The average Bonchev–Trinajstić information content (AvgIpc) is 2.14. The largest absolute Gasteiger partial charge is 0.497 e. The molecule has 88 valence electrons. The van der Waals surface area contributed by atoms with Gasteiger partial charge in [-0.15, -0.1) is 0 Å². The van der Waals surface area contributed by atoms with E-state index in [4.69, 9.17) is 9.47 Å². The lowest BCUT2D eigenvalue weighted by Crippen LogP contribution is -2.42. The lowest BCUT2D eigenvalue weighted by Gasteiger charge is -2.41. The van der Waals surface area contributed by atoms with Crippen molar-refractivity contribution in [3.63, 3.8) is 0 Å². The Balaban J connectivity index is 2.51. The summed E-state index contributed by atoms with van der Waals surface area (Å²) >= 11 is 0. The fourth-order valence-electron chi connectivity index (χ4n) is 2.40. The van der Waals surface area contributed by atoms with E-state index in [1.807, 2.05) is 39.0 Å². The summed E-state index contributed by atoms with van der Waals surface area (Å²) in [6.07, 6.45) is 0.570. The zero-order valence-electron chi connectivity index (χ0n) is 10.2. The van der Waals surface area contributed by atoms with Crippen molar-refractivity contribution in [2.24, 2.45) is 0 Å². The Morgan fingerprint density at radius 1 is 1.31 bits per heavy atom. The fraction of sp³-hybridized carbons (Fsp3) is 0.538. The number of hydrogen-bond acceptors (Lipinski definition) is 3. The monoisotopic (exact) mass is 222 g/mol. The van der Waals surface area contributed by atoms with Crippen LogP contribution in [0.5, 0.6) is 11.5 Å². The lowest BCUT2D eigenvalue weighted by molar-refractivity contribution is -0.0519. The molecule has 1 atom stereocenters. The lowest BCUT2D eigenvalue weighted by atomic mass is 9.82. The molecular weight excluding hydrogens is 204 g/mol. The second-order valence-corrected chi connectivity index (χ2v) is 5.17. The normalized spacial score (nSPS) is 26.8. The third-order valence-corrected chi connectivity index (χ3v) is 2.92. The molecule has 0 bridgehead atoms. The van der Waals surface area contributed by atoms with Crippen LogP contribution in [0.4, 0.5) is 0 Å². The number of methoxy groups -OCH3 is 1. The molecule has 1 N–H and O–H groups in total. The van der Waals surface area contributed by atoms with Crippen LogP contribution < -0.4 is 9.47 Å². The molecule has 1 aliphatic rings. The summed E-state index contributed by atoms with van der Waals surface area (Å²) in [5.74, 6) is 1.48. The summed E-state index contributed by atoms with van der Waals surface area (Å²) < 4.78 is 11.0. The molecule has 0 saturated heterocycles. The Morgan fingerprint density at radius 3 is 2.62 bits per heavy atom. The molecule has 0 radical (unpaired) electrons. The van der Waals surface area contributed by atoms with E-state index in [0.29, 0.717) is 6.42 Å². The summed E-state index contributed by atoms with van der Waals surface area (Å²) in [5, 5.41) is 10.4. The van der Waals surface area contributed by atoms with Crippen molar-refractivity contribution < 1.29 is 14.6 Å².